The van der Waals surface area contributed by atoms with Gasteiger partial charge in [-0.2, -0.15) is 0 Å². The number of nitrogens with one attached hydrogen (secondary N) is 2. The molecule has 0 amide bonds. The maximum Gasteiger partial charge on any atom is 0.191 e. The molecule has 1 saturated carbocycles. The highest BCUT2D eigenvalue weighted by atomic mass is 127. The number of para-hydroxylation sites is 1. The van der Waals surface area contributed by atoms with Crippen molar-refractivity contribution in [1.29, 1.82) is 0 Å². The fourth-order valence-electron chi connectivity index (χ4n) is 2.80. The van der Waals surface area contributed by atoms with Crippen LogP contribution in [0.5, 0.6) is 5.75 Å². The van der Waals surface area contributed by atoms with Gasteiger partial charge in [-0.25, -0.2) is 9.38 Å². The quantitative estimate of drug-likeness (QED) is 0.259. The summed E-state index contributed by atoms with van der Waals surface area (Å²) in [6, 6.07) is 7.14. The summed E-state index contributed by atoms with van der Waals surface area (Å²) in [7, 11) is 1.74. The van der Waals surface area contributed by atoms with Gasteiger partial charge in [-0.1, -0.05) is 12.1 Å². The fraction of sp³-hybridized carbons (Fsp3) is 0.650. The second-order valence-corrected chi connectivity index (χ2v) is 6.77. The highest BCUT2D eigenvalue weighted by molar-refractivity contribution is 14.0. The van der Waals surface area contributed by atoms with E-state index < -0.39 is 0 Å². The lowest BCUT2D eigenvalue weighted by Gasteiger charge is -2.22. The zero-order chi connectivity index (χ0) is 19.5. The molecule has 0 radical (unpaired) electrons. The molecule has 0 aliphatic heterocycles. The molecule has 8 heteroatoms. The number of hydrogen-bond acceptors (Lipinski definition) is 4. The Balaban J connectivity index is 0.00000392. The van der Waals surface area contributed by atoms with Crippen LogP contribution >= 0.6 is 24.0 Å². The zero-order valence-electron chi connectivity index (χ0n) is 17.1. The summed E-state index contributed by atoms with van der Waals surface area (Å²) in [5.74, 6) is 0.662. The maximum absolute atomic E-state index is 13.7. The predicted octanol–water partition coefficient (Wildman–Crippen LogP) is 2.88. The van der Waals surface area contributed by atoms with Crippen molar-refractivity contribution in [1.82, 2.24) is 15.5 Å². The van der Waals surface area contributed by atoms with Crippen LogP contribution in [-0.4, -0.2) is 69.4 Å². The van der Waals surface area contributed by atoms with Gasteiger partial charge in [0.2, 0.25) is 0 Å². The van der Waals surface area contributed by atoms with Gasteiger partial charge in [-0.15, -0.1) is 24.0 Å². The summed E-state index contributed by atoms with van der Waals surface area (Å²) in [4.78, 5) is 7.02. The van der Waals surface area contributed by atoms with Crippen molar-refractivity contribution < 1.29 is 13.9 Å². The van der Waals surface area contributed by atoms with Gasteiger partial charge in [-0.3, -0.25) is 4.90 Å². The van der Waals surface area contributed by atoms with E-state index in [2.05, 4.69) is 20.5 Å². The first-order chi connectivity index (χ1) is 13.1. The lowest BCUT2D eigenvalue weighted by atomic mass is 10.3. The van der Waals surface area contributed by atoms with Gasteiger partial charge >= 0.3 is 0 Å². The average Bonchev–Trinajstić information content (AvgIpc) is 3.49. The maximum atomic E-state index is 13.7. The van der Waals surface area contributed by atoms with E-state index in [1.54, 1.807) is 25.3 Å². The Hall–Kier alpha value is -1.13. The van der Waals surface area contributed by atoms with Gasteiger partial charge in [0.1, 0.15) is 6.10 Å². The first kappa shape index (κ1) is 24.9. The van der Waals surface area contributed by atoms with Gasteiger partial charge in [0.25, 0.3) is 0 Å². The van der Waals surface area contributed by atoms with Crippen LogP contribution in [0.2, 0.25) is 0 Å². The third-order valence-corrected chi connectivity index (χ3v) is 4.35. The number of nitrogens with zero attached hydrogens (tertiary/aromatic N) is 2. The fourth-order valence-corrected chi connectivity index (χ4v) is 2.80. The SMILES string of the molecule is CCNC(=NCC(C)Oc1ccccc1F)NCCN(CCOC)C1CC1.I. The lowest BCUT2D eigenvalue weighted by molar-refractivity contribution is 0.144. The zero-order valence-corrected chi connectivity index (χ0v) is 19.4. The highest BCUT2D eigenvalue weighted by Crippen LogP contribution is 2.25. The molecule has 6 nitrogen and oxygen atoms in total. The monoisotopic (exact) mass is 508 g/mol. The van der Waals surface area contributed by atoms with Crippen molar-refractivity contribution in [2.45, 2.75) is 38.8 Å². The van der Waals surface area contributed by atoms with Crippen molar-refractivity contribution in [2.24, 2.45) is 4.99 Å². The molecule has 1 unspecified atom stereocenters. The molecule has 0 aromatic heterocycles. The summed E-state index contributed by atoms with van der Waals surface area (Å²) >= 11 is 0. The van der Waals surface area contributed by atoms with Crippen LogP contribution in [0, 0.1) is 5.82 Å². The Labute approximate surface area is 185 Å². The topological polar surface area (TPSA) is 58.1 Å². The Morgan fingerprint density at radius 2 is 2.04 bits per heavy atom. The number of halogens is 2. The number of ether oxygens (including phenoxy) is 2. The molecule has 1 aliphatic carbocycles. The second kappa shape index (κ2) is 13.9. The molecule has 0 saturated heterocycles. The minimum Gasteiger partial charge on any atom is -0.486 e. The van der Waals surface area contributed by atoms with Gasteiger partial charge in [0.15, 0.2) is 17.5 Å². The first-order valence-electron chi connectivity index (χ1n) is 9.80. The minimum absolute atomic E-state index is 0. The Bertz CT molecular complexity index is 587. The third-order valence-electron chi connectivity index (χ3n) is 4.35. The molecule has 2 rings (SSSR count). The van der Waals surface area contributed by atoms with Gasteiger partial charge in [-0.05, 0) is 38.8 Å². The molecule has 1 aromatic rings. The van der Waals surface area contributed by atoms with Gasteiger partial charge in [0.05, 0.1) is 13.2 Å². The molecule has 160 valence electrons. The van der Waals surface area contributed by atoms with E-state index in [0.717, 1.165) is 38.7 Å². The van der Waals surface area contributed by atoms with Crippen molar-refractivity contribution in [3.63, 3.8) is 0 Å². The second-order valence-electron chi connectivity index (χ2n) is 6.77. The number of hydrogen-bond donors (Lipinski definition) is 2. The molecule has 0 spiro atoms. The largest absolute Gasteiger partial charge is 0.486 e. The average molecular weight is 508 g/mol. The molecule has 0 heterocycles. The number of methoxy groups -OCH3 is 1. The molecule has 2 N–H and O–H groups in total. The summed E-state index contributed by atoms with van der Waals surface area (Å²) in [6.07, 6.45) is 2.34. The molecule has 1 aliphatic rings. The van der Waals surface area contributed by atoms with E-state index in [1.807, 2.05) is 13.8 Å². The molecular formula is C20H34FIN4O2. The Morgan fingerprint density at radius 3 is 2.68 bits per heavy atom. The smallest absolute Gasteiger partial charge is 0.191 e. The van der Waals surface area contributed by atoms with Crippen LogP contribution in [0.4, 0.5) is 4.39 Å². The number of benzene rings is 1. The normalized spacial score (nSPS) is 15.1. The Morgan fingerprint density at radius 1 is 1.29 bits per heavy atom. The number of aliphatic imine (C=N–C) groups is 1. The third kappa shape index (κ3) is 9.38. The minimum atomic E-state index is -0.352. The van der Waals surface area contributed by atoms with Crippen LogP contribution in [0.1, 0.15) is 26.7 Å². The number of rotatable bonds is 12. The van der Waals surface area contributed by atoms with Gasteiger partial charge in [0, 0.05) is 39.3 Å². The van der Waals surface area contributed by atoms with E-state index in [4.69, 9.17) is 9.47 Å². The summed E-state index contributed by atoms with van der Waals surface area (Å²) in [5.41, 5.74) is 0. The van der Waals surface area contributed by atoms with E-state index >= 15 is 0 Å². The molecule has 1 aromatic carbocycles. The molecule has 28 heavy (non-hydrogen) atoms. The lowest BCUT2D eigenvalue weighted by Crippen LogP contribution is -2.43. The predicted molar refractivity (Wildman–Crippen MR) is 122 cm³/mol. The van der Waals surface area contributed by atoms with Crippen LogP contribution in [0.15, 0.2) is 29.3 Å². The highest BCUT2D eigenvalue weighted by Gasteiger charge is 2.28. The molecule has 1 atom stereocenters. The van der Waals surface area contributed by atoms with E-state index in [1.165, 1.54) is 18.9 Å². The number of guanidine groups is 1. The van der Waals surface area contributed by atoms with Crippen LogP contribution in [-0.2, 0) is 4.74 Å². The van der Waals surface area contributed by atoms with Crippen molar-refractivity contribution in [3.8, 4) is 5.75 Å². The van der Waals surface area contributed by atoms with E-state index in [9.17, 15) is 4.39 Å². The van der Waals surface area contributed by atoms with Crippen molar-refractivity contribution in [2.75, 3.05) is 46.4 Å². The van der Waals surface area contributed by atoms with E-state index in [0.29, 0.717) is 12.6 Å². The molecule has 1 fully saturated rings. The standard InChI is InChI=1S/C20H33FN4O2.HI/c1-4-22-20(23-11-12-25(13-14-26-3)17-9-10-17)24-15-16(2)27-19-8-6-5-7-18(19)21;/h5-8,16-17H,4,9-15H2,1-3H3,(H2,22,23,24);1H. The van der Waals surface area contributed by atoms with Crippen LogP contribution in [0.25, 0.3) is 0 Å². The summed E-state index contributed by atoms with van der Waals surface area (Å²) in [6.45, 7) is 8.64. The van der Waals surface area contributed by atoms with Gasteiger partial charge < -0.3 is 20.1 Å². The first-order valence-corrected chi connectivity index (χ1v) is 9.80. The van der Waals surface area contributed by atoms with E-state index in [-0.39, 0.29) is 41.6 Å². The van der Waals surface area contributed by atoms with Crippen LogP contribution in [0.3, 0.4) is 0 Å². The van der Waals surface area contributed by atoms with Crippen LogP contribution < -0.4 is 15.4 Å². The molecular weight excluding hydrogens is 474 g/mol. The summed E-state index contributed by atoms with van der Waals surface area (Å²) < 4.78 is 24.5. The van der Waals surface area contributed by atoms with Crippen molar-refractivity contribution in [3.05, 3.63) is 30.1 Å². The Kier molecular flexibility index (Phi) is 12.4. The molecule has 0 bridgehead atoms. The summed E-state index contributed by atoms with van der Waals surface area (Å²) in [5, 5.41) is 6.61. The van der Waals surface area contributed by atoms with Crippen molar-refractivity contribution >= 4 is 29.9 Å².